The summed E-state index contributed by atoms with van der Waals surface area (Å²) in [6.07, 6.45) is 5.99. The molecule has 0 aromatic carbocycles. The molecule has 0 bridgehead atoms. The Morgan fingerprint density at radius 1 is 1.33 bits per heavy atom. The van der Waals surface area contributed by atoms with Crippen LogP contribution in [0.2, 0.25) is 0 Å². The van der Waals surface area contributed by atoms with E-state index in [4.69, 9.17) is 0 Å². The van der Waals surface area contributed by atoms with Gasteiger partial charge in [0.15, 0.2) is 0 Å². The number of aliphatic hydroxyl groups is 1. The lowest BCUT2D eigenvalue weighted by Gasteiger charge is -2.39. The van der Waals surface area contributed by atoms with Crippen LogP contribution in [0.25, 0.3) is 0 Å². The van der Waals surface area contributed by atoms with Crippen LogP contribution >= 0.6 is 0 Å². The Balaban J connectivity index is 2.39. The van der Waals surface area contributed by atoms with Crippen LogP contribution in [0.3, 0.4) is 0 Å². The Morgan fingerprint density at radius 3 is 2.17 bits per heavy atom. The summed E-state index contributed by atoms with van der Waals surface area (Å²) in [4.78, 5) is 0. The van der Waals surface area contributed by atoms with Crippen molar-refractivity contribution < 1.29 is 5.11 Å². The van der Waals surface area contributed by atoms with Gasteiger partial charge in [0.25, 0.3) is 0 Å². The Labute approximate surface area is 75.4 Å². The lowest BCUT2D eigenvalue weighted by atomic mass is 9.86. The molecule has 0 aromatic heterocycles. The van der Waals surface area contributed by atoms with Crippen LogP contribution < -0.4 is 5.32 Å². The second-order valence-electron chi connectivity index (χ2n) is 3.92. The van der Waals surface area contributed by atoms with E-state index in [2.05, 4.69) is 19.2 Å². The number of hydrogen-bond acceptors (Lipinski definition) is 2. The van der Waals surface area contributed by atoms with Gasteiger partial charge in [-0.1, -0.05) is 20.3 Å². The second kappa shape index (κ2) is 4.24. The minimum absolute atomic E-state index is 0.00505. The highest BCUT2D eigenvalue weighted by molar-refractivity contribution is 4.90. The number of rotatable bonds is 5. The van der Waals surface area contributed by atoms with Crippen molar-refractivity contribution in [3.63, 3.8) is 0 Å². The number of aliphatic hydroxyl groups excluding tert-OH is 1. The van der Waals surface area contributed by atoms with Gasteiger partial charge in [-0.25, -0.2) is 0 Å². The van der Waals surface area contributed by atoms with Crippen molar-refractivity contribution in [2.45, 2.75) is 57.5 Å². The molecule has 2 N–H and O–H groups in total. The first kappa shape index (κ1) is 10.0. The molecule has 0 saturated heterocycles. The van der Waals surface area contributed by atoms with E-state index in [0.717, 1.165) is 12.8 Å². The summed E-state index contributed by atoms with van der Waals surface area (Å²) in [6.45, 7) is 4.56. The molecule has 0 unspecified atom stereocenters. The molecule has 72 valence electrons. The molecule has 12 heavy (non-hydrogen) atoms. The molecular formula is C10H21NO. The van der Waals surface area contributed by atoms with E-state index in [0.29, 0.717) is 6.04 Å². The fourth-order valence-corrected chi connectivity index (χ4v) is 1.71. The molecule has 0 spiro atoms. The molecule has 0 aromatic rings. The smallest absolute Gasteiger partial charge is 0.0613 e. The summed E-state index contributed by atoms with van der Waals surface area (Å²) in [6, 6.07) is 0.678. The molecule has 0 aliphatic heterocycles. The highest BCUT2D eigenvalue weighted by Gasteiger charge is 2.30. The van der Waals surface area contributed by atoms with Crippen molar-refractivity contribution in [2.24, 2.45) is 0 Å². The van der Waals surface area contributed by atoms with E-state index in [-0.39, 0.29) is 12.1 Å². The van der Waals surface area contributed by atoms with Gasteiger partial charge >= 0.3 is 0 Å². The van der Waals surface area contributed by atoms with E-state index in [1.165, 1.54) is 19.3 Å². The monoisotopic (exact) mass is 171 g/mol. The molecule has 0 radical (unpaired) electrons. The first-order valence-corrected chi connectivity index (χ1v) is 5.15. The molecule has 2 heteroatoms. The van der Waals surface area contributed by atoms with Crippen molar-refractivity contribution in [3.8, 4) is 0 Å². The van der Waals surface area contributed by atoms with Crippen LogP contribution in [0.15, 0.2) is 0 Å². The lowest BCUT2D eigenvalue weighted by Crippen LogP contribution is -2.54. The van der Waals surface area contributed by atoms with Crippen LogP contribution in [0, 0.1) is 0 Å². The molecule has 1 aliphatic carbocycles. The second-order valence-corrected chi connectivity index (χ2v) is 3.92. The fraction of sp³-hybridized carbons (Fsp3) is 1.00. The zero-order chi connectivity index (χ0) is 9.03. The molecule has 2 nitrogen and oxygen atoms in total. The third kappa shape index (κ3) is 1.99. The average Bonchev–Trinajstić information content (AvgIpc) is 2.05. The standard InChI is InChI=1S/C10H21NO/c1-3-10(4-2,8-12)11-9-6-5-7-9/h9,11-12H,3-8H2,1-2H3. The molecule has 1 fully saturated rings. The Kier molecular flexibility index (Phi) is 3.53. The zero-order valence-electron chi connectivity index (χ0n) is 8.27. The van der Waals surface area contributed by atoms with Crippen molar-refractivity contribution in [1.82, 2.24) is 5.32 Å². The van der Waals surface area contributed by atoms with Crippen LogP contribution in [0.1, 0.15) is 46.0 Å². The van der Waals surface area contributed by atoms with Gasteiger partial charge in [0, 0.05) is 11.6 Å². The highest BCUT2D eigenvalue weighted by atomic mass is 16.3. The van der Waals surface area contributed by atoms with Gasteiger partial charge in [0.1, 0.15) is 0 Å². The number of nitrogens with one attached hydrogen (secondary N) is 1. The fourth-order valence-electron chi connectivity index (χ4n) is 1.71. The first-order chi connectivity index (χ1) is 5.76. The molecule has 1 rings (SSSR count). The maximum Gasteiger partial charge on any atom is 0.0613 e. The first-order valence-electron chi connectivity index (χ1n) is 5.15. The van der Waals surface area contributed by atoms with Gasteiger partial charge in [-0.15, -0.1) is 0 Å². The van der Waals surface area contributed by atoms with E-state index < -0.39 is 0 Å². The van der Waals surface area contributed by atoms with E-state index >= 15 is 0 Å². The molecule has 0 atom stereocenters. The third-order valence-corrected chi connectivity index (χ3v) is 3.27. The average molecular weight is 171 g/mol. The van der Waals surface area contributed by atoms with Crippen LogP contribution in [0.4, 0.5) is 0 Å². The normalized spacial score (nSPS) is 19.2. The molecule has 1 aliphatic rings. The topological polar surface area (TPSA) is 32.3 Å². The maximum atomic E-state index is 9.28. The van der Waals surface area contributed by atoms with E-state index in [9.17, 15) is 5.11 Å². The van der Waals surface area contributed by atoms with E-state index in [1.54, 1.807) is 0 Å². The summed E-state index contributed by atoms with van der Waals surface area (Å²) in [5.41, 5.74) is 0.00505. The number of hydrogen-bond donors (Lipinski definition) is 2. The van der Waals surface area contributed by atoms with Gasteiger partial charge in [-0.05, 0) is 25.7 Å². The van der Waals surface area contributed by atoms with Crippen molar-refractivity contribution in [1.29, 1.82) is 0 Å². The summed E-state index contributed by atoms with van der Waals surface area (Å²) < 4.78 is 0. The molecule has 0 amide bonds. The largest absolute Gasteiger partial charge is 0.394 e. The van der Waals surface area contributed by atoms with Crippen molar-refractivity contribution in [3.05, 3.63) is 0 Å². The van der Waals surface area contributed by atoms with Gasteiger partial charge in [-0.3, -0.25) is 0 Å². The van der Waals surface area contributed by atoms with Crippen molar-refractivity contribution >= 4 is 0 Å². The Bertz CT molecular complexity index is 120. The van der Waals surface area contributed by atoms with E-state index in [1.807, 2.05) is 0 Å². The Morgan fingerprint density at radius 2 is 1.92 bits per heavy atom. The predicted molar refractivity (Wildman–Crippen MR) is 51.2 cm³/mol. The van der Waals surface area contributed by atoms with Gasteiger partial charge in [0.2, 0.25) is 0 Å². The predicted octanol–water partition coefficient (Wildman–Crippen LogP) is 1.68. The maximum absolute atomic E-state index is 9.28. The molecular weight excluding hydrogens is 150 g/mol. The highest BCUT2D eigenvalue weighted by Crippen LogP contribution is 2.24. The summed E-state index contributed by atoms with van der Waals surface area (Å²) >= 11 is 0. The minimum atomic E-state index is 0.00505. The molecule has 1 saturated carbocycles. The minimum Gasteiger partial charge on any atom is -0.394 e. The SMILES string of the molecule is CCC(CC)(CO)NC1CCC1. The van der Waals surface area contributed by atoms with Crippen LogP contribution in [0.5, 0.6) is 0 Å². The van der Waals surface area contributed by atoms with Gasteiger partial charge in [0.05, 0.1) is 6.61 Å². The van der Waals surface area contributed by atoms with Gasteiger partial charge < -0.3 is 10.4 Å². The molecule has 0 heterocycles. The summed E-state index contributed by atoms with van der Waals surface area (Å²) in [5.74, 6) is 0. The quantitative estimate of drug-likeness (QED) is 0.659. The lowest BCUT2D eigenvalue weighted by molar-refractivity contribution is 0.120. The zero-order valence-corrected chi connectivity index (χ0v) is 8.27. The summed E-state index contributed by atoms with van der Waals surface area (Å²) in [7, 11) is 0. The van der Waals surface area contributed by atoms with Crippen LogP contribution in [-0.4, -0.2) is 23.3 Å². The van der Waals surface area contributed by atoms with Gasteiger partial charge in [-0.2, -0.15) is 0 Å². The third-order valence-electron chi connectivity index (χ3n) is 3.27. The van der Waals surface area contributed by atoms with Crippen molar-refractivity contribution in [2.75, 3.05) is 6.61 Å². The van der Waals surface area contributed by atoms with Crippen LogP contribution in [-0.2, 0) is 0 Å². The Hall–Kier alpha value is -0.0800. The summed E-state index contributed by atoms with van der Waals surface area (Å²) in [5, 5.41) is 12.8.